The highest BCUT2D eigenvalue weighted by molar-refractivity contribution is 7.25. The molecular formula is C58H35N3O2S. The van der Waals surface area contributed by atoms with Crippen molar-refractivity contribution in [1.82, 2.24) is 15.0 Å². The average Bonchev–Trinajstić information content (AvgIpc) is 4.02. The molecule has 9 aromatic carbocycles. The fourth-order valence-electron chi connectivity index (χ4n) is 10.5. The summed E-state index contributed by atoms with van der Waals surface area (Å²) in [6.07, 6.45) is 1.81. The number of thiophene rings is 1. The lowest BCUT2D eigenvalue weighted by Crippen LogP contribution is -2.07. The Balaban J connectivity index is 1.08. The number of aryl methyl sites for hydroxylation is 1. The summed E-state index contributed by atoms with van der Waals surface area (Å²) in [4.78, 5) is 16.6. The van der Waals surface area contributed by atoms with Gasteiger partial charge in [-0.25, -0.2) is 15.0 Å². The van der Waals surface area contributed by atoms with Gasteiger partial charge < -0.3 is 8.83 Å². The van der Waals surface area contributed by atoms with Crippen molar-refractivity contribution in [2.45, 2.75) is 18.8 Å². The fraction of sp³-hybridized carbons (Fsp3) is 0.0517. The van der Waals surface area contributed by atoms with Gasteiger partial charge in [-0.1, -0.05) is 146 Å². The summed E-state index contributed by atoms with van der Waals surface area (Å²) >= 11 is 1.79. The SMILES string of the molecule is c1ccc2c(c1)-c1cc3ccccc3cc1CCC2c1ccc2c(oc3ccccc32)c1-c1nc(-c2cccc3oc4ccccc4c23)nc(-c2cccc3sc4ccccc4c23)n1. The quantitative estimate of drug-likeness (QED) is 0.177. The van der Waals surface area contributed by atoms with Crippen molar-refractivity contribution in [1.29, 1.82) is 0 Å². The molecule has 5 nitrogen and oxygen atoms in total. The first kappa shape index (κ1) is 35.6. The zero-order valence-corrected chi connectivity index (χ0v) is 35.2. The Labute approximate surface area is 370 Å². The van der Waals surface area contributed by atoms with Crippen molar-refractivity contribution in [2.24, 2.45) is 0 Å². The van der Waals surface area contributed by atoms with E-state index < -0.39 is 0 Å². The Morgan fingerprint density at radius 1 is 0.422 bits per heavy atom. The van der Waals surface area contributed by atoms with Crippen LogP contribution in [-0.4, -0.2) is 15.0 Å². The van der Waals surface area contributed by atoms with Crippen molar-refractivity contribution in [3.63, 3.8) is 0 Å². The van der Waals surface area contributed by atoms with Crippen LogP contribution in [0.5, 0.6) is 0 Å². The van der Waals surface area contributed by atoms with Crippen LogP contribution >= 0.6 is 11.3 Å². The van der Waals surface area contributed by atoms with E-state index in [1.807, 2.05) is 30.3 Å². The third-order valence-corrected chi connectivity index (χ3v) is 14.5. The summed E-state index contributed by atoms with van der Waals surface area (Å²) < 4.78 is 15.9. The first-order valence-corrected chi connectivity index (χ1v) is 22.7. The lowest BCUT2D eigenvalue weighted by Gasteiger charge is -2.22. The second-order valence-electron chi connectivity index (χ2n) is 16.9. The van der Waals surface area contributed by atoms with Crippen LogP contribution in [0.1, 0.15) is 29.0 Å². The monoisotopic (exact) mass is 837 g/mol. The third kappa shape index (κ3) is 5.33. The smallest absolute Gasteiger partial charge is 0.168 e. The van der Waals surface area contributed by atoms with Crippen molar-refractivity contribution in [2.75, 3.05) is 0 Å². The van der Waals surface area contributed by atoms with Crippen LogP contribution < -0.4 is 0 Å². The van der Waals surface area contributed by atoms with Gasteiger partial charge in [0.25, 0.3) is 0 Å². The van der Waals surface area contributed by atoms with Crippen LogP contribution in [0.2, 0.25) is 0 Å². The second-order valence-corrected chi connectivity index (χ2v) is 18.0. The lowest BCUT2D eigenvalue weighted by atomic mass is 9.82. The van der Waals surface area contributed by atoms with Gasteiger partial charge in [0.2, 0.25) is 0 Å². The molecule has 64 heavy (non-hydrogen) atoms. The Bertz CT molecular complexity index is 3930. The van der Waals surface area contributed by atoms with E-state index in [1.54, 1.807) is 11.3 Å². The average molecular weight is 838 g/mol. The zero-order chi connectivity index (χ0) is 41.9. The predicted octanol–water partition coefficient (Wildman–Crippen LogP) is 15.9. The second kappa shape index (κ2) is 13.8. The van der Waals surface area contributed by atoms with Crippen molar-refractivity contribution in [3.8, 4) is 45.3 Å². The number of rotatable bonds is 4. The van der Waals surface area contributed by atoms with Crippen LogP contribution in [0.3, 0.4) is 0 Å². The molecule has 0 saturated heterocycles. The highest BCUT2D eigenvalue weighted by atomic mass is 32.1. The fourth-order valence-corrected chi connectivity index (χ4v) is 11.7. The first-order valence-electron chi connectivity index (χ1n) is 21.8. The molecule has 1 aliphatic carbocycles. The summed E-state index contributed by atoms with van der Waals surface area (Å²) in [5.41, 5.74) is 12.3. The van der Waals surface area contributed by atoms with E-state index in [4.69, 9.17) is 23.8 Å². The third-order valence-electron chi connectivity index (χ3n) is 13.4. The maximum atomic E-state index is 7.01. The molecule has 1 atom stereocenters. The molecule has 1 unspecified atom stereocenters. The largest absolute Gasteiger partial charge is 0.456 e. The molecule has 0 radical (unpaired) electrons. The van der Waals surface area contributed by atoms with Gasteiger partial charge in [-0.2, -0.15) is 0 Å². The highest BCUT2D eigenvalue weighted by Gasteiger charge is 2.30. The summed E-state index contributed by atoms with van der Waals surface area (Å²) in [7, 11) is 0. The molecule has 300 valence electrons. The van der Waals surface area contributed by atoms with Crippen LogP contribution in [0.15, 0.2) is 191 Å². The van der Waals surface area contributed by atoms with Gasteiger partial charge in [0, 0.05) is 58.8 Å². The topological polar surface area (TPSA) is 65.0 Å². The Morgan fingerprint density at radius 3 is 1.91 bits per heavy atom. The lowest BCUT2D eigenvalue weighted by molar-refractivity contribution is 0.666. The van der Waals surface area contributed by atoms with E-state index in [0.717, 1.165) is 84.4 Å². The molecule has 4 aromatic heterocycles. The Kier molecular flexibility index (Phi) is 7.68. The van der Waals surface area contributed by atoms with E-state index in [9.17, 15) is 0 Å². The number of aromatic nitrogens is 3. The minimum atomic E-state index is 0.00786. The van der Waals surface area contributed by atoms with Crippen LogP contribution in [0.4, 0.5) is 0 Å². The first-order chi connectivity index (χ1) is 31.7. The zero-order valence-electron chi connectivity index (χ0n) is 34.4. The molecule has 6 heteroatoms. The molecule has 0 fully saturated rings. The maximum Gasteiger partial charge on any atom is 0.168 e. The van der Waals surface area contributed by atoms with Gasteiger partial charge in [-0.3, -0.25) is 0 Å². The molecule has 0 saturated carbocycles. The number of hydrogen-bond donors (Lipinski definition) is 0. The Morgan fingerprint density at radius 2 is 1.05 bits per heavy atom. The van der Waals surface area contributed by atoms with E-state index in [0.29, 0.717) is 17.5 Å². The van der Waals surface area contributed by atoms with E-state index in [-0.39, 0.29) is 5.92 Å². The van der Waals surface area contributed by atoms with Crippen LogP contribution in [0.25, 0.3) is 120 Å². The standard InChI is InChI=1S/C58H35N3O2S/c1-2-14-34-32-46-35(31-33(34)13-1)27-28-38(36-15-3-4-16-37(36)46)40-29-30-41-39-17-5-8-22-47(39)63-55(41)54(40)58-60-56(44-20-11-24-49-52(44)42-18-6-9-23-48(42)62-49)59-57(61-58)45-21-12-26-51-53(45)43-19-7-10-25-50(43)64-51/h1-26,29-32,38H,27-28H2. The molecule has 0 amide bonds. The van der Waals surface area contributed by atoms with Gasteiger partial charge >= 0.3 is 0 Å². The summed E-state index contributed by atoms with van der Waals surface area (Å²) in [6.45, 7) is 0. The van der Waals surface area contributed by atoms with Crippen molar-refractivity contribution < 1.29 is 8.83 Å². The predicted molar refractivity (Wildman–Crippen MR) is 263 cm³/mol. The number of furan rings is 2. The minimum absolute atomic E-state index is 0.00786. The summed E-state index contributed by atoms with van der Waals surface area (Å²) in [6, 6.07) is 64.8. The highest BCUT2D eigenvalue weighted by Crippen LogP contribution is 2.49. The number of benzene rings is 9. The molecular weight excluding hydrogens is 803 g/mol. The molecule has 0 spiro atoms. The molecule has 14 rings (SSSR count). The van der Waals surface area contributed by atoms with Gasteiger partial charge in [-0.05, 0) is 87.8 Å². The Hall–Kier alpha value is -7.93. The normalized spacial score (nSPS) is 14.0. The van der Waals surface area contributed by atoms with Gasteiger partial charge in [0.15, 0.2) is 17.5 Å². The van der Waals surface area contributed by atoms with Gasteiger partial charge in [0.05, 0.1) is 5.56 Å². The summed E-state index contributed by atoms with van der Waals surface area (Å²) in [5, 5.41) is 8.93. The molecule has 1 aliphatic rings. The van der Waals surface area contributed by atoms with E-state index >= 15 is 0 Å². The number of nitrogens with zero attached hydrogens (tertiary/aromatic N) is 3. The van der Waals surface area contributed by atoms with Gasteiger partial charge in [-0.15, -0.1) is 11.3 Å². The summed E-state index contributed by atoms with van der Waals surface area (Å²) in [5.74, 6) is 1.77. The van der Waals surface area contributed by atoms with Crippen molar-refractivity contribution >= 4 is 86.2 Å². The van der Waals surface area contributed by atoms with Crippen LogP contribution in [-0.2, 0) is 6.42 Å². The van der Waals surface area contributed by atoms with Crippen LogP contribution in [0, 0.1) is 0 Å². The van der Waals surface area contributed by atoms with Gasteiger partial charge in [0.1, 0.15) is 22.3 Å². The van der Waals surface area contributed by atoms with Crippen molar-refractivity contribution in [3.05, 3.63) is 199 Å². The minimum Gasteiger partial charge on any atom is -0.456 e. The van der Waals surface area contributed by atoms with E-state index in [1.165, 1.54) is 47.8 Å². The van der Waals surface area contributed by atoms with E-state index in [2.05, 4.69) is 152 Å². The number of hydrogen-bond acceptors (Lipinski definition) is 6. The molecule has 4 heterocycles. The maximum absolute atomic E-state index is 7.01. The molecule has 13 aromatic rings. The number of fused-ring (bicyclic) bond motifs is 13. The molecule has 0 aliphatic heterocycles. The molecule has 0 bridgehead atoms. The molecule has 0 N–H and O–H groups in total. The number of para-hydroxylation sites is 2.